The molecule has 2 rings (SSSR count). The smallest absolute Gasteiger partial charge is 0.221 e. The summed E-state index contributed by atoms with van der Waals surface area (Å²) in [6, 6.07) is 10.00. The van der Waals surface area contributed by atoms with Gasteiger partial charge in [-0.1, -0.05) is 25.1 Å². The number of alkyl halides is 1. The highest BCUT2D eigenvalue weighted by Crippen LogP contribution is 2.25. The fraction of sp³-hybridized carbons (Fsp3) is 0.400. The highest BCUT2D eigenvalue weighted by atomic mass is 35.5. The quantitative estimate of drug-likeness (QED) is 0.571. The minimum Gasteiger partial charge on any atom is -0.475 e. The number of pyridine rings is 1. The molecule has 1 aromatic heterocycles. The Kier molecular flexibility index (Phi) is 5.43. The van der Waals surface area contributed by atoms with E-state index in [0.717, 1.165) is 29.5 Å². The lowest BCUT2D eigenvalue weighted by atomic mass is 10.1. The Balaban J connectivity index is 2.11. The molecule has 0 saturated heterocycles. The van der Waals surface area contributed by atoms with Gasteiger partial charge in [0.2, 0.25) is 5.88 Å². The van der Waals surface area contributed by atoms with Crippen LogP contribution >= 0.6 is 11.6 Å². The number of aromatic nitrogens is 1. The minimum absolute atomic E-state index is 0.382. The maximum absolute atomic E-state index is 5.86. The van der Waals surface area contributed by atoms with Gasteiger partial charge in [-0.25, -0.2) is 4.98 Å². The van der Waals surface area contributed by atoms with Gasteiger partial charge < -0.3 is 9.47 Å². The Hall–Kier alpha value is -1.32. The SMILES string of the molecule is CCCOCCOc1nc(CCl)cc2ccccc12. The van der Waals surface area contributed by atoms with E-state index >= 15 is 0 Å². The standard InChI is InChI=1S/C15H18ClNO2/c1-2-7-18-8-9-19-15-14-6-4-3-5-12(14)10-13(11-16)17-15/h3-6,10H,2,7-9,11H2,1H3. The molecular weight excluding hydrogens is 262 g/mol. The van der Waals surface area contributed by atoms with Crippen molar-refractivity contribution in [3.05, 3.63) is 36.0 Å². The van der Waals surface area contributed by atoms with Gasteiger partial charge in [-0.2, -0.15) is 0 Å². The molecule has 0 amide bonds. The van der Waals surface area contributed by atoms with Crippen LogP contribution in [0.3, 0.4) is 0 Å². The average molecular weight is 280 g/mol. The number of rotatable bonds is 7. The zero-order valence-corrected chi connectivity index (χ0v) is 11.8. The lowest BCUT2D eigenvalue weighted by Crippen LogP contribution is -2.08. The zero-order valence-electron chi connectivity index (χ0n) is 11.1. The molecule has 0 atom stereocenters. The molecule has 102 valence electrons. The van der Waals surface area contributed by atoms with Gasteiger partial charge in [-0.15, -0.1) is 11.6 Å². The van der Waals surface area contributed by atoms with Gasteiger partial charge in [0, 0.05) is 12.0 Å². The number of fused-ring (bicyclic) bond motifs is 1. The minimum atomic E-state index is 0.382. The number of nitrogens with zero attached hydrogens (tertiary/aromatic N) is 1. The number of hydrogen-bond acceptors (Lipinski definition) is 3. The molecule has 1 heterocycles. The largest absolute Gasteiger partial charge is 0.475 e. The van der Waals surface area contributed by atoms with Crippen molar-refractivity contribution in [1.29, 1.82) is 0 Å². The Bertz CT molecular complexity index is 531. The van der Waals surface area contributed by atoms with Crippen molar-refractivity contribution in [2.45, 2.75) is 19.2 Å². The molecule has 0 radical (unpaired) electrons. The molecule has 2 aromatic rings. The Labute approximate surface area is 118 Å². The van der Waals surface area contributed by atoms with Crippen LogP contribution in [0, 0.1) is 0 Å². The van der Waals surface area contributed by atoms with Crippen molar-refractivity contribution in [2.75, 3.05) is 19.8 Å². The van der Waals surface area contributed by atoms with Gasteiger partial charge in [0.05, 0.1) is 18.2 Å². The van der Waals surface area contributed by atoms with E-state index in [4.69, 9.17) is 21.1 Å². The number of benzene rings is 1. The second kappa shape index (κ2) is 7.31. The fourth-order valence-corrected chi connectivity index (χ4v) is 1.98. The lowest BCUT2D eigenvalue weighted by Gasteiger charge is -2.10. The first kappa shape index (κ1) is 14.1. The third kappa shape index (κ3) is 3.82. The normalized spacial score (nSPS) is 10.8. The summed E-state index contributed by atoms with van der Waals surface area (Å²) in [6.07, 6.45) is 1.02. The summed E-state index contributed by atoms with van der Waals surface area (Å²) in [6.45, 7) is 3.93. The summed E-state index contributed by atoms with van der Waals surface area (Å²) in [7, 11) is 0. The van der Waals surface area contributed by atoms with Crippen LogP contribution in [0.1, 0.15) is 19.0 Å². The molecule has 0 aliphatic carbocycles. The molecule has 0 bridgehead atoms. The summed E-state index contributed by atoms with van der Waals surface area (Å²) in [5, 5.41) is 2.10. The molecule has 1 aromatic carbocycles. The number of ether oxygens (including phenoxy) is 2. The Morgan fingerprint density at radius 3 is 2.79 bits per heavy atom. The van der Waals surface area contributed by atoms with Crippen LogP contribution < -0.4 is 4.74 Å². The summed E-state index contributed by atoms with van der Waals surface area (Å²) >= 11 is 5.86. The second-order valence-corrected chi connectivity index (χ2v) is 4.50. The second-order valence-electron chi connectivity index (χ2n) is 4.23. The van der Waals surface area contributed by atoms with Crippen LogP contribution in [0.2, 0.25) is 0 Å². The Morgan fingerprint density at radius 2 is 2.00 bits per heavy atom. The van der Waals surface area contributed by atoms with Crippen molar-refractivity contribution in [1.82, 2.24) is 4.98 Å². The highest BCUT2D eigenvalue weighted by Gasteiger charge is 2.06. The number of hydrogen-bond donors (Lipinski definition) is 0. The maximum atomic E-state index is 5.86. The molecule has 0 spiro atoms. The first-order valence-electron chi connectivity index (χ1n) is 6.50. The van der Waals surface area contributed by atoms with Gasteiger partial charge in [0.1, 0.15) is 6.61 Å². The fourth-order valence-electron chi connectivity index (χ4n) is 1.84. The number of halogens is 1. The molecule has 0 N–H and O–H groups in total. The third-order valence-corrected chi connectivity index (χ3v) is 2.98. The van der Waals surface area contributed by atoms with Crippen LogP contribution in [0.4, 0.5) is 0 Å². The van der Waals surface area contributed by atoms with E-state index in [-0.39, 0.29) is 0 Å². The lowest BCUT2D eigenvalue weighted by molar-refractivity contribution is 0.0995. The van der Waals surface area contributed by atoms with Gasteiger partial charge in [0.15, 0.2) is 0 Å². The van der Waals surface area contributed by atoms with Gasteiger partial charge in [-0.3, -0.25) is 0 Å². The topological polar surface area (TPSA) is 31.4 Å². The maximum Gasteiger partial charge on any atom is 0.221 e. The molecule has 4 heteroatoms. The first-order valence-corrected chi connectivity index (χ1v) is 7.03. The molecule has 0 aliphatic heterocycles. The monoisotopic (exact) mass is 279 g/mol. The van der Waals surface area contributed by atoms with Crippen molar-refractivity contribution < 1.29 is 9.47 Å². The average Bonchev–Trinajstić information content (AvgIpc) is 2.46. The summed E-state index contributed by atoms with van der Waals surface area (Å²) < 4.78 is 11.1. The molecule has 0 saturated carbocycles. The van der Waals surface area contributed by atoms with E-state index in [1.165, 1.54) is 0 Å². The predicted octanol–water partition coefficient (Wildman–Crippen LogP) is 3.78. The van der Waals surface area contributed by atoms with Crippen LogP contribution in [0.15, 0.2) is 30.3 Å². The van der Waals surface area contributed by atoms with Gasteiger partial charge >= 0.3 is 0 Å². The van der Waals surface area contributed by atoms with Gasteiger partial charge in [0.25, 0.3) is 0 Å². The first-order chi connectivity index (χ1) is 9.35. The van der Waals surface area contributed by atoms with Crippen LogP contribution in [-0.4, -0.2) is 24.8 Å². The van der Waals surface area contributed by atoms with Crippen molar-refractivity contribution in [2.24, 2.45) is 0 Å². The Morgan fingerprint density at radius 1 is 1.16 bits per heavy atom. The predicted molar refractivity (Wildman–Crippen MR) is 77.9 cm³/mol. The molecule has 0 fully saturated rings. The van der Waals surface area contributed by atoms with Crippen molar-refractivity contribution >= 4 is 22.4 Å². The van der Waals surface area contributed by atoms with E-state index in [1.807, 2.05) is 30.3 Å². The molecule has 3 nitrogen and oxygen atoms in total. The van der Waals surface area contributed by atoms with Crippen molar-refractivity contribution in [3.8, 4) is 5.88 Å². The van der Waals surface area contributed by atoms with E-state index < -0.39 is 0 Å². The molecule has 0 unspecified atom stereocenters. The molecule has 0 aliphatic rings. The molecular formula is C15H18ClNO2. The van der Waals surface area contributed by atoms with Crippen molar-refractivity contribution in [3.63, 3.8) is 0 Å². The third-order valence-electron chi connectivity index (χ3n) is 2.71. The molecule has 19 heavy (non-hydrogen) atoms. The zero-order chi connectivity index (χ0) is 13.5. The summed E-state index contributed by atoms with van der Waals surface area (Å²) in [5.41, 5.74) is 0.824. The van der Waals surface area contributed by atoms with Crippen LogP contribution in [0.25, 0.3) is 10.8 Å². The van der Waals surface area contributed by atoms with Crippen LogP contribution in [0.5, 0.6) is 5.88 Å². The van der Waals surface area contributed by atoms with Crippen LogP contribution in [-0.2, 0) is 10.6 Å². The van der Waals surface area contributed by atoms with E-state index in [1.54, 1.807) is 0 Å². The van der Waals surface area contributed by atoms with E-state index in [0.29, 0.717) is 25.0 Å². The van der Waals surface area contributed by atoms with E-state index in [9.17, 15) is 0 Å². The summed E-state index contributed by atoms with van der Waals surface area (Å²) in [4.78, 5) is 4.43. The van der Waals surface area contributed by atoms with Gasteiger partial charge in [-0.05, 0) is 23.9 Å². The van der Waals surface area contributed by atoms with E-state index in [2.05, 4.69) is 11.9 Å². The highest BCUT2D eigenvalue weighted by molar-refractivity contribution is 6.17. The summed E-state index contributed by atoms with van der Waals surface area (Å²) in [5.74, 6) is 1.02.